The largest absolute Gasteiger partial charge is 0.477 e. The molecule has 8 heteroatoms. The van der Waals surface area contributed by atoms with E-state index in [9.17, 15) is 19.1 Å². The van der Waals surface area contributed by atoms with Crippen LogP contribution in [0.1, 0.15) is 15.9 Å². The van der Waals surface area contributed by atoms with Crippen LogP contribution in [0.5, 0.6) is 0 Å². The van der Waals surface area contributed by atoms with E-state index >= 15 is 0 Å². The first-order valence-electron chi connectivity index (χ1n) is 9.23. The number of rotatable bonds is 4. The Morgan fingerprint density at radius 1 is 1.28 bits per heavy atom. The van der Waals surface area contributed by atoms with Crippen LogP contribution in [0, 0.1) is 12.7 Å². The third kappa shape index (κ3) is 3.25. The van der Waals surface area contributed by atoms with Crippen molar-refractivity contribution in [1.29, 1.82) is 0 Å². The minimum atomic E-state index is -1.33. The Morgan fingerprint density at radius 3 is 2.59 bits per heavy atom. The summed E-state index contributed by atoms with van der Waals surface area (Å²) in [6.07, 6.45) is 2.83. The Bertz CT molecular complexity index is 1170. The number of hydrogen-bond donors (Lipinski definition) is 1. The van der Waals surface area contributed by atoms with E-state index in [-0.39, 0.29) is 16.5 Å². The lowest BCUT2D eigenvalue weighted by atomic mass is 10.1. The highest BCUT2D eigenvalue weighted by molar-refractivity contribution is 5.93. The van der Waals surface area contributed by atoms with E-state index in [1.165, 1.54) is 29.8 Å². The first-order chi connectivity index (χ1) is 13.8. The molecule has 3 heterocycles. The molecule has 4 rings (SSSR count). The smallest absolute Gasteiger partial charge is 0.341 e. The summed E-state index contributed by atoms with van der Waals surface area (Å²) in [5.74, 6) is -0.973. The van der Waals surface area contributed by atoms with Crippen LogP contribution in [0.4, 0.5) is 10.2 Å². The zero-order chi connectivity index (χ0) is 20.9. The number of carboxylic acids is 1. The number of nitrogens with zero attached hydrogens (tertiary/aromatic N) is 4. The SMILES string of the molecule is Cc1cc2c(=O)c(C(=O)O)cn(-c3ccc(N4CC(N(C)C)C4)nc3)c2cc1F. The fourth-order valence-corrected chi connectivity index (χ4v) is 3.50. The second-order valence-electron chi connectivity index (χ2n) is 7.56. The van der Waals surface area contributed by atoms with Crippen LogP contribution in [0.25, 0.3) is 16.6 Å². The zero-order valence-corrected chi connectivity index (χ0v) is 16.4. The van der Waals surface area contributed by atoms with E-state index in [1.54, 1.807) is 12.3 Å². The summed E-state index contributed by atoms with van der Waals surface area (Å²) in [5.41, 5.74) is 0.129. The van der Waals surface area contributed by atoms with Crippen molar-refractivity contribution in [2.45, 2.75) is 13.0 Å². The monoisotopic (exact) mass is 396 g/mol. The number of fused-ring (bicyclic) bond motifs is 1. The van der Waals surface area contributed by atoms with Crippen molar-refractivity contribution in [3.05, 3.63) is 63.8 Å². The summed E-state index contributed by atoms with van der Waals surface area (Å²) < 4.78 is 15.7. The molecule has 0 unspecified atom stereocenters. The van der Waals surface area contributed by atoms with Gasteiger partial charge in [-0.05, 0) is 50.8 Å². The third-order valence-electron chi connectivity index (χ3n) is 5.44. The molecule has 0 spiro atoms. The summed E-state index contributed by atoms with van der Waals surface area (Å²) in [4.78, 5) is 32.9. The molecular weight excluding hydrogens is 375 g/mol. The van der Waals surface area contributed by atoms with Crippen LogP contribution >= 0.6 is 0 Å². The van der Waals surface area contributed by atoms with Gasteiger partial charge in [-0.25, -0.2) is 14.2 Å². The van der Waals surface area contributed by atoms with Gasteiger partial charge in [-0.3, -0.25) is 4.79 Å². The maximum absolute atomic E-state index is 14.2. The predicted octanol–water partition coefficient (Wildman–Crippen LogP) is 2.28. The number of likely N-dealkylation sites (N-methyl/N-ethyl adjacent to an activating group) is 1. The maximum Gasteiger partial charge on any atom is 0.341 e. The first-order valence-corrected chi connectivity index (χ1v) is 9.23. The Hall–Kier alpha value is -3.26. The van der Waals surface area contributed by atoms with Crippen LogP contribution in [-0.2, 0) is 0 Å². The van der Waals surface area contributed by atoms with Gasteiger partial charge in [0.05, 0.1) is 17.4 Å². The first kappa shape index (κ1) is 19.1. The minimum absolute atomic E-state index is 0.157. The Labute approximate surface area is 166 Å². The molecule has 0 saturated carbocycles. The van der Waals surface area contributed by atoms with Crippen molar-refractivity contribution in [2.75, 3.05) is 32.1 Å². The molecule has 29 heavy (non-hydrogen) atoms. The molecule has 7 nitrogen and oxygen atoms in total. The van der Waals surface area contributed by atoms with Crippen molar-refractivity contribution in [3.8, 4) is 5.69 Å². The Kier molecular flexibility index (Phi) is 4.58. The average Bonchev–Trinajstić information content (AvgIpc) is 2.63. The Morgan fingerprint density at radius 2 is 2.00 bits per heavy atom. The molecule has 150 valence electrons. The quantitative estimate of drug-likeness (QED) is 0.729. The molecule has 2 aromatic heterocycles. The Balaban J connectivity index is 1.79. The standard InChI is InChI=1S/C21H21FN4O3/c1-12-6-15-18(7-17(12)22)26(11-16(20(15)27)21(28)29)13-4-5-19(23-8-13)25-9-14(10-25)24(2)3/h4-8,11,14H,9-10H2,1-3H3,(H,28,29). The predicted molar refractivity (Wildman–Crippen MR) is 109 cm³/mol. The molecule has 1 aliphatic heterocycles. The zero-order valence-electron chi connectivity index (χ0n) is 16.4. The van der Waals surface area contributed by atoms with Gasteiger partial charge in [0.1, 0.15) is 17.2 Å². The number of aromatic carboxylic acids is 1. The molecule has 0 amide bonds. The van der Waals surface area contributed by atoms with Crippen molar-refractivity contribution in [1.82, 2.24) is 14.5 Å². The van der Waals surface area contributed by atoms with Gasteiger partial charge in [0.25, 0.3) is 0 Å². The molecule has 1 aromatic carbocycles. The number of aryl methyl sites for hydroxylation is 1. The lowest BCUT2D eigenvalue weighted by Crippen LogP contribution is -2.57. The van der Waals surface area contributed by atoms with E-state index in [2.05, 4.69) is 14.8 Å². The lowest BCUT2D eigenvalue weighted by Gasteiger charge is -2.43. The number of hydrogen-bond acceptors (Lipinski definition) is 5. The molecule has 1 N–H and O–H groups in total. The number of pyridine rings is 2. The fourth-order valence-electron chi connectivity index (χ4n) is 3.50. The lowest BCUT2D eigenvalue weighted by molar-refractivity contribution is 0.0695. The van der Waals surface area contributed by atoms with Crippen LogP contribution in [0.3, 0.4) is 0 Å². The number of benzene rings is 1. The highest BCUT2D eigenvalue weighted by Gasteiger charge is 2.29. The van der Waals surface area contributed by atoms with Crippen LogP contribution < -0.4 is 10.3 Å². The second kappa shape index (κ2) is 6.97. The summed E-state index contributed by atoms with van der Waals surface area (Å²) >= 11 is 0. The van der Waals surface area contributed by atoms with Gasteiger partial charge in [0.15, 0.2) is 0 Å². The van der Waals surface area contributed by atoms with Gasteiger partial charge in [0, 0.05) is 30.7 Å². The summed E-state index contributed by atoms with van der Waals surface area (Å²) in [5, 5.41) is 9.59. The average molecular weight is 396 g/mol. The maximum atomic E-state index is 14.2. The number of aromatic nitrogens is 2. The number of anilines is 1. The number of carboxylic acid groups (broad SMARTS) is 1. The normalized spacial score (nSPS) is 14.4. The van der Waals surface area contributed by atoms with Crippen molar-refractivity contribution in [3.63, 3.8) is 0 Å². The van der Waals surface area contributed by atoms with Gasteiger partial charge >= 0.3 is 5.97 Å². The molecule has 0 aliphatic carbocycles. The van der Waals surface area contributed by atoms with E-state index in [1.807, 2.05) is 20.2 Å². The van der Waals surface area contributed by atoms with Crippen molar-refractivity contribution < 1.29 is 14.3 Å². The third-order valence-corrected chi connectivity index (χ3v) is 5.44. The molecule has 1 fully saturated rings. The van der Waals surface area contributed by atoms with Crippen molar-refractivity contribution >= 4 is 22.7 Å². The highest BCUT2D eigenvalue weighted by atomic mass is 19.1. The molecule has 1 aliphatic rings. The van der Waals surface area contributed by atoms with E-state index in [0.717, 1.165) is 18.9 Å². The molecule has 0 atom stereocenters. The van der Waals surface area contributed by atoms with Crippen molar-refractivity contribution in [2.24, 2.45) is 0 Å². The summed E-state index contributed by atoms with van der Waals surface area (Å²) in [6.45, 7) is 3.30. The van der Waals surface area contributed by atoms with Gasteiger partial charge in [-0.1, -0.05) is 0 Å². The van der Waals surface area contributed by atoms with Crippen LogP contribution in [-0.4, -0.2) is 58.8 Å². The molecule has 3 aromatic rings. The fraction of sp³-hybridized carbons (Fsp3) is 0.286. The number of carbonyl (C=O) groups is 1. The van der Waals surface area contributed by atoms with Gasteiger partial charge in [-0.2, -0.15) is 0 Å². The molecule has 0 radical (unpaired) electrons. The van der Waals surface area contributed by atoms with Gasteiger partial charge < -0.3 is 19.5 Å². The summed E-state index contributed by atoms with van der Waals surface area (Å²) in [6, 6.07) is 6.76. The topological polar surface area (TPSA) is 78.7 Å². The number of halogens is 1. The minimum Gasteiger partial charge on any atom is -0.477 e. The second-order valence-corrected chi connectivity index (χ2v) is 7.56. The van der Waals surface area contributed by atoms with E-state index in [4.69, 9.17) is 0 Å². The highest BCUT2D eigenvalue weighted by Crippen LogP contribution is 2.24. The van der Waals surface area contributed by atoms with Gasteiger partial charge in [-0.15, -0.1) is 0 Å². The molecular formula is C21H21FN4O3. The van der Waals surface area contributed by atoms with Crippen LogP contribution in [0.2, 0.25) is 0 Å². The van der Waals surface area contributed by atoms with E-state index in [0.29, 0.717) is 17.2 Å². The molecule has 1 saturated heterocycles. The molecule has 0 bridgehead atoms. The van der Waals surface area contributed by atoms with E-state index < -0.39 is 17.2 Å². The van der Waals surface area contributed by atoms with Gasteiger partial charge in [0.2, 0.25) is 5.43 Å². The summed E-state index contributed by atoms with van der Waals surface area (Å²) in [7, 11) is 4.09. The van der Waals surface area contributed by atoms with Crippen LogP contribution in [0.15, 0.2) is 41.5 Å².